The molecular weight excluding hydrogens is 538 g/mol. The van der Waals surface area contributed by atoms with E-state index in [9.17, 15) is 13.2 Å². The predicted octanol–water partition coefficient (Wildman–Crippen LogP) is 4.12. The van der Waals surface area contributed by atoms with Crippen molar-refractivity contribution >= 4 is 37.7 Å². The molecule has 4 aromatic rings. The van der Waals surface area contributed by atoms with Crippen LogP contribution in [0, 0.1) is 0 Å². The van der Waals surface area contributed by atoms with Crippen molar-refractivity contribution in [1.29, 1.82) is 0 Å². The quantitative estimate of drug-likeness (QED) is 0.188. The third-order valence-electron chi connectivity index (χ3n) is 6.44. The summed E-state index contributed by atoms with van der Waals surface area (Å²) in [6.07, 6.45) is 3.34. The highest BCUT2D eigenvalue weighted by molar-refractivity contribution is 7.87. The minimum Gasteiger partial charge on any atom is -0.464 e. The van der Waals surface area contributed by atoms with Gasteiger partial charge < -0.3 is 9.15 Å². The SMILES string of the molecule is CCCCOC(=O)[C@H](Cc1nnc(Cc2nc3ccc(-c4ccccc4)cc3s2)o1)N(C)S(=O)(=O)NC1CC1. The van der Waals surface area contributed by atoms with E-state index in [2.05, 4.69) is 33.1 Å². The molecule has 0 saturated heterocycles. The van der Waals surface area contributed by atoms with Gasteiger partial charge in [-0.1, -0.05) is 49.7 Å². The van der Waals surface area contributed by atoms with Gasteiger partial charge in [-0.3, -0.25) is 4.79 Å². The minimum absolute atomic E-state index is 0.0956. The number of carbonyl (C=O) groups excluding carboxylic acids is 1. The van der Waals surface area contributed by atoms with Gasteiger partial charge in [0, 0.05) is 13.1 Å². The van der Waals surface area contributed by atoms with Gasteiger partial charge in [0.2, 0.25) is 11.8 Å². The second-order valence-corrected chi connectivity index (χ2v) is 12.5. The number of esters is 1. The van der Waals surface area contributed by atoms with Crippen molar-refractivity contribution in [3.05, 3.63) is 65.3 Å². The van der Waals surface area contributed by atoms with E-state index in [0.717, 1.165) is 49.9 Å². The summed E-state index contributed by atoms with van der Waals surface area (Å²) < 4.78 is 41.5. The van der Waals surface area contributed by atoms with Crippen LogP contribution in [0.5, 0.6) is 0 Å². The lowest BCUT2D eigenvalue weighted by molar-refractivity contribution is -0.148. The van der Waals surface area contributed by atoms with Crippen molar-refractivity contribution < 1.29 is 22.4 Å². The van der Waals surface area contributed by atoms with E-state index < -0.39 is 22.2 Å². The first kappa shape index (κ1) is 27.4. The van der Waals surface area contributed by atoms with Crippen LogP contribution in [0.2, 0.25) is 0 Å². The first-order chi connectivity index (χ1) is 18.8. The van der Waals surface area contributed by atoms with Crippen molar-refractivity contribution in [2.75, 3.05) is 13.7 Å². The lowest BCUT2D eigenvalue weighted by Crippen LogP contribution is -2.49. The Morgan fingerprint density at radius 1 is 1.15 bits per heavy atom. The molecule has 5 rings (SSSR count). The summed E-state index contributed by atoms with van der Waals surface area (Å²) in [6.45, 7) is 2.20. The number of benzene rings is 2. The van der Waals surface area contributed by atoms with Crippen molar-refractivity contribution in [2.45, 2.75) is 57.5 Å². The molecular formula is C27H31N5O5S2. The normalized spacial score (nSPS) is 14.6. The Morgan fingerprint density at radius 3 is 2.67 bits per heavy atom. The maximum Gasteiger partial charge on any atom is 0.325 e. The van der Waals surface area contributed by atoms with Gasteiger partial charge >= 0.3 is 5.97 Å². The topological polar surface area (TPSA) is 128 Å². The summed E-state index contributed by atoms with van der Waals surface area (Å²) in [5, 5.41) is 9.03. The molecule has 1 aliphatic carbocycles. The van der Waals surface area contributed by atoms with Crippen LogP contribution < -0.4 is 4.72 Å². The molecule has 1 atom stereocenters. The number of aromatic nitrogens is 3. The van der Waals surface area contributed by atoms with Crippen molar-refractivity contribution in [3.8, 4) is 11.1 Å². The lowest BCUT2D eigenvalue weighted by Gasteiger charge is -2.25. The molecule has 39 heavy (non-hydrogen) atoms. The summed E-state index contributed by atoms with van der Waals surface area (Å²) in [5.74, 6) is -0.150. The molecule has 2 aromatic carbocycles. The molecule has 0 amide bonds. The monoisotopic (exact) mass is 569 g/mol. The van der Waals surface area contributed by atoms with Gasteiger partial charge in [-0.15, -0.1) is 21.5 Å². The maximum atomic E-state index is 12.9. The zero-order valence-electron chi connectivity index (χ0n) is 21.9. The fraction of sp³-hybridized carbons (Fsp3) is 0.407. The number of fused-ring (bicyclic) bond motifs is 1. The molecule has 0 radical (unpaired) electrons. The third-order valence-corrected chi connectivity index (χ3v) is 9.11. The number of nitrogens with one attached hydrogen (secondary N) is 1. The molecule has 1 saturated carbocycles. The largest absolute Gasteiger partial charge is 0.464 e. The molecule has 0 aliphatic heterocycles. The average molecular weight is 570 g/mol. The van der Waals surface area contributed by atoms with Crippen molar-refractivity contribution in [3.63, 3.8) is 0 Å². The fourth-order valence-electron chi connectivity index (χ4n) is 4.03. The molecule has 1 aliphatic rings. The van der Waals surface area contributed by atoms with Gasteiger partial charge in [-0.2, -0.15) is 17.4 Å². The van der Waals surface area contributed by atoms with Crippen LogP contribution in [0.25, 0.3) is 21.3 Å². The standard InChI is InChI=1S/C27H31N5O5S2/c1-3-4-14-36-27(33)22(32(2)39(34,35)31-20-11-12-20)16-24-29-30-25(37-24)17-26-28-21-13-10-19(15-23(21)38-26)18-8-6-5-7-9-18/h5-10,13,15,20,22,31H,3-4,11-12,14,16-17H2,1-2H3/t22-/m0/s1. The summed E-state index contributed by atoms with van der Waals surface area (Å²) >= 11 is 1.55. The minimum atomic E-state index is -3.89. The maximum absolute atomic E-state index is 12.9. The van der Waals surface area contributed by atoms with Crippen LogP contribution >= 0.6 is 11.3 Å². The number of likely N-dealkylation sites (N-methyl/N-ethyl adjacent to an activating group) is 1. The zero-order valence-corrected chi connectivity index (χ0v) is 23.5. The molecule has 1 N–H and O–H groups in total. The first-order valence-electron chi connectivity index (χ1n) is 13.0. The number of ether oxygens (including phenoxy) is 1. The van der Waals surface area contributed by atoms with Crippen LogP contribution in [0.15, 0.2) is 52.9 Å². The van der Waals surface area contributed by atoms with E-state index in [0.29, 0.717) is 18.7 Å². The van der Waals surface area contributed by atoms with Gasteiger partial charge in [0.1, 0.15) is 11.0 Å². The van der Waals surface area contributed by atoms with Gasteiger partial charge in [-0.05, 0) is 42.5 Å². The smallest absolute Gasteiger partial charge is 0.325 e. The Morgan fingerprint density at radius 2 is 1.92 bits per heavy atom. The zero-order chi connectivity index (χ0) is 27.4. The summed E-state index contributed by atoms with van der Waals surface area (Å²) in [5.41, 5.74) is 3.14. The summed E-state index contributed by atoms with van der Waals surface area (Å²) in [4.78, 5) is 17.6. The third kappa shape index (κ3) is 6.88. The lowest BCUT2D eigenvalue weighted by atomic mass is 10.1. The van der Waals surface area contributed by atoms with Gasteiger partial charge in [-0.25, -0.2) is 4.98 Å². The van der Waals surface area contributed by atoms with Crippen molar-refractivity contribution in [2.24, 2.45) is 0 Å². The molecule has 0 unspecified atom stereocenters. The molecule has 10 nitrogen and oxygen atoms in total. The highest BCUT2D eigenvalue weighted by Gasteiger charge is 2.37. The molecule has 2 aromatic heterocycles. The van der Waals surface area contributed by atoms with Gasteiger partial charge in [0.25, 0.3) is 10.2 Å². The highest BCUT2D eigenvalue weighted by Crippen LogP contribution is 2.29. The molecule has 0 bridgehead atoms. The van der Waals surface area contributed by atoms with Gasteiger partial charge in [0.05, 0.1) is 29.7 Å². The second-order valence-electron chi connectivity index (χ2n) is 9.58. The highest BCUT2D eigenvalue weighted by atomic mass is 32.2. The van der Waals surface area contributed by atoms with E-state index in [1.165, 1.54) is 7.05 Å². The van der Waals surface area contributed by atoms with Crippen LogP contribution in [0.1, 0.15) is 49.4 Å². The summed E-state index contributed by atoms with van der Waals surface area (Å²) in [7, 11) is -2.53. The van der Waals surface area contributed by atoms with Crippen LogP contribution in [0.3, 0.4) is 0 Å². The Labute approximate surface area is 231 Å². The van der Waals surface area contributed by atoms with E-state index >= 15 is 0 Å². The molecule has 2 heterocycles. The number of thiazole rings is 1. The van der Waals surface area contributed by atoms with Crippen molar-refractivity contribution in [1.82, 2.24) is 24.2 Å². The molecule has 206 valence electrons. The Hall–Kier alpha value is -3.19. The number of unbranched alkanes of at least 4 members (excludes halogenated alkanes) is 1. The van der Waals surface area contributed by atoms with Crippen LogP contribution in [0.4, 0.5) is 0 Å². The Bertz CT molecular complexity index is 1530. The second kappa shape index (κ2) is 11.9. The van der Waals surface area contributed by atoms with E-state index in [1.807, 2.05) is 37.3 Å². The fourth-order valence-corrected chi connectivity index (χ4v) is 6.35. The Balaban J connectivity index is 1.30. The molecule has 0 spiro atoms. The Kier molecular flexibility index (Phi) is 8.36. The van der Waals surface area contributed by atoms with E-state index in [-0.39, 0.29) is 25.0 Å². The average Bonchev–Trinajstić information content (AvgIpc) is 3.46. The molecule has 1 fully saturated rings. The van der Waals surface area contributed by atoms with Crippen LogP contribution in [-0.2, 0) is 32.6 Å². The number of rotatable bonds is 13. The number of nitrogens with zero attached hydrogens (tertiary/aromatic N) is 4. The van der Waals surface area contributed by atoms with E-state index in [1.54, 1.807) is 11.3 Å². The number of hydrogen-bond donors (Lipinski definition) is 1. The first-order valence-corrected chi connectivity index (χ1v) is 15.3. The van der Waals surface area contributed by atoms with E-state index in [4.69, 9.17) is 14.1 Å². The molecule has 12 heteroatoms. The van der Waals surface area contributed by atoms with Crippen LogP contribution in [-0.4, -0.2) is 59.6 Å². The number of carbonyl (C=O) groups is 1. The van der Waals surface area contributed by atoms with Gasteiger partial charge in [0.15, 0.2) is 0 Å². The number of hydrogen-bond acceptors (Lipinski definition) is 9. The summed E-state index contributed by atoms with van der Waals surface area (Å²) in [6, 6.07) is 15.1. The predicted molar refractivity (Wildman–Crippen MR) is 148 cm³/mol.